The number of rotatable bonds is 4. The number of carbonyl (C=O) groups is 1. The van der Waals surface area contributed by atoms with E-state index < -0.39 is 0 Å². The molecule has 0 fully saturated rings. The van der Waals surface area contributed by atoms with Gasteiger partial charge in [-0.2, -0.15) is 0 Å². The van der Waals surface area contributed by atoms with Crippen molar-refractivity contribution in [1.82, 2.24) is 15.3 Å². The molecule has 1 aliphatic heterocycles. The molecule has 1 aromatic carbocycles. The number of benzene rings is 1. The molecule has 0 atom stereocenters. The van der Waals surface area contributed by atoms with Gasteiger partial charge in [0.05, 0.1) is 12.8 Å². The summed E-state index contributed by atoms with van der Waals surface area (Å²) in [4.78, 5) is 22.9. The minimum atomic E-state index is -0.238. The van der Waals surface area contributed by atoms with Crippen molar-refractivity contribution in [1.29, 1.82) is 0 Å². The summed E-state index contributed by atoms with van der Waals surface area (Å²) in [5.41, 5.74) is 3.04. The molecule has 6 nitrogen and oxygen atoms in total. The minimum absolute atomic E-state index is 0.238. The number of anilines is 1. The maximum atomic E-state index is 12.3. The average Bonchev–Trinajstić information content (AvgIpc) is 3.19. The number of furan rings is 1. The molecule has 0 unspecified atom stereocenters. The molecule has 0 saturated heterocycles. The van der Waals surface area contributed by atoms with Crippen LogP contribution in [0, 0.1) is 0 Å². The number of hydrogen-bond donors (Lipinski definition) is 1. The third-order valence-corrected chi connectivity index (χ3v) is 4.34. The number of carbonyl (C=O) groups excluding carboxylic acids is 1. The lowest BCUT2D eigenvalue weighted by Gasteiger charge is -2.29. The van der Waals surface area contributed by atoms with E-state index >= 15 is 0 Å². The van der Waals surface area contributed by atoms with Gasteiger partial charge in [0.25, 0.3) is 5.91 Å². The highest BCUT2D eigenvalue weighted by Crippen LogP contribution is 2.23. The van der Waals surface area contributed by atoms with Crippen molar-refractivity contribution in [2.45, 2.75) is 19.5 Å². The number of aromatic nitrogens is 2. The van der Waals surface area contributed by atoms with Crippen LogP contribution in [0.3, 0.4) is 0 Å². The molecule has 3 aromatic rings. The topological polar surface area (TPSA) is 71.3 Å². The second-order valence-corrected chi connectivity index (χ2v) is 5.96. The van der Waals surface area contributed by atoms with Crippen LogP contribution in [-0.4, -0.2) is 22.4 Å². The highest BCUT2D eigenvalue weighted by Gasteiger charge is 2.18. The Bertz CT molecular complexity index is 877. The predicted octanol–water partition coefficient (Wildman–Crippen LogP) is 2.56. The Morgan fingerprint density at radius 2 is 2.04 bits per heavy atom. The van der Waals surface area contributed by atoms with E-state index in [0.29, 0.717) is 18.0 Å². The first-order valence-electron chi connectivity index (χ1n) is 8.24. The normalized spacial score (nSPS) is 13.4. The van der Waals surface area contributed by atoms with Crippen LogP contribution in [0.1, 0.15) is 27.4 Å². The molecular weight excluding hydrogens is 316 g/mol. The van der Waals surface area contributed by atoms with Gasteiger partial charge in [0.15, 0.2) is 0 Å². The van der Waals surface area contributed by atoms with Crippen molar-refractivity contribution in [3.05, 3.63) is 77.6 Å². The zero-order chi connectivity index (χ0) is 17.1. The average molecular weight is 334 g/mol. The molecule has 0 saturated carbocycles. The van der Waals surface area contributed by atoms with Crippen molar-refractivity contribution < 1.29 is 9.21 Å². The van der Waals surface area contributed by atoms with E-state index in [1.807, 2.05) is 6.07 Å². The number of amides is 1. The maximum absolute atomic E-state index is 12.3. The molecule has 6 heteroatoms. The lowest BCUT2D eigenvalue weighted by atomic mass is 10.00. The molecule has 0 radical (unpaired) electrons. The van der Waals surface area contributed by atoms with Crippen molar-refractivity contribution in [2.75, 3.05) is 11.4 Å². The van der Waals surface area contributed by atoms with E-state index in [9.17, 15) is 4.79 Å². The zero-order valence-corrected chi connectivity index (χ0v) is 13.7. The molecule has 0 spiro atoms. The van der Waals surface area contributed by atoms with E-state index in [4.69, 9.17) is 4.42 Å². The highest BCUT2D eigenvalue weighted by molar-refractivity contribution is 5.92. The zero-order valence-electron chi connectivity index (χ0n) is 13.7. The van der Waals surface area contributed by atoms with Gasteiger partial charge in [0.1, 0.15) is 23.6 Å². The van der Waals surface area contributed by atoms with Gasteiger partial charge in [-0.15, -0.1) is 0 Å². The molecule has 25 heavy (non-hydrogen) atoms. The van der Waals surface area contributed by atoms with Crippen molar-refractivity contribution in [2.24, 2.45) is 0 Å². The summed E-state index contributed by atoms with van der Waals surface area (Å²) >= 11 is 0. The SMILES string of the molecule is O=C(NCc1ccco1)c1cc(N2CCc3ccccc3C2)ncn1. The summed E-state index contributed by atoms with van der Waals surface area (Å²) < 4.78 is 5.22. The van der Waals surface area contributed by atoms with Gasteiger partial charge in [-0.1, -0.05) is 24.3 Å². The van der Waals surface area contributed by atoms with Gasteiger partial charge < -0.3 is 14.6 Å². The van der Waals surface area contributed by atoms with Gasteiger partial charge >= 0.3 is 0 Å². The molecular formula is C19H18N4O2. The van der Waals surface area contributed by atoms with E-state index in [0.717, 1.165) is 25.3 Å². The fourth-order valence-corrected chi connectivity index (χ4v) is 3.01. The predicted molar refractivity (Wildman–Crippen MR) is 93.1 cm³/mol. The second-order valence-electron chi connectivity index (χ2n) is 5.96. The highest BCUT2D eigenvalue weighted by atomic mass is 16.3. The van der Waals surface area contributed by atoms with Crippen LogP contribution in [0.4, 0.5) is 5.82 Å². The molecule has 1 amide bonds. The first-order chi connectivity index (χ1) is 12.3. The molecule has 0 bridgehead atoms. The number of hydrogen-bond acceptors (Lipinski definition) is 5. The Morgan fingerprint density at radius 3 is 2.88 bits per heavy atom. The number of fused-ring (bicyclic) bond motifs is 1. The van der Waals surface area contributed by atoms with Crippen LogP contribution in [0.2, 0.25) is 0 Å². The molecule has 1 N–H and O–H groups in total. The monoisotopic (exact) mass is 334 g/mol. The number of nitrogens with zero attached hydrogens (tertiary/aromatic N) is 3. The van der Waals surface area contributed by atoms with E-state index in [-0.39, 0.29) is 5.91 Å². The lowest BCUT2D eigenvalue weighted by Crippen LogP contribution is -2.31. The van der Waals surface area contributed by atoms with E-state index in [1.54, 1.807) is 18.4 Å². The minimum Gasteiger partial charge on any atom is -0.467 e. The van der Waals surface area contributed by atoms with Gasteiger partial charge in [0.2, 0.25) is 0 Å². The second kappa shape index (κ2) is 6.76. The molecule has 2 aromatic heterocycles. The Hall–Kier alpha value is -3.15. The van der Waals surface area contributed by atoms with E-state index in [1.165, 1.54) is 17.5 Å². The summed E-state index contributed by atoms with van der Waals surface area (Å²) in [6.07, 6.45) is 4.00. The molecule has 4 rings (SSSR count). The smallest absolute Gasteiger partial charge is 0.270 e. The molecule has 1 aliphatic rings. The standard InChI is InChI=1S/C19H18N4O2/c24-19(20-11-16-6-3-9-25-16)17-10-18(22-13-21-17)23-8-7-14-4-1-2-5-15(14)12-23/h1-6,9-10,13H,7-8,11-12H2,(H,20,24). The maximum Gasteiger partial charge on any atom is 0.270 e. The fourth-order valence-electron chi connectivity index (χ4n) is 3.01. The van der Waals surface area contributed by atoms with Crippen LogP contribution in [0.25, 0.3) is 0 Å². The van der Waals surface area contributed by atoms with Crippen LogP contribution >= 0.6 is 0 Å². The lowest BCUT2D eigenvalue weighted by molar-refractivity contribution is 0.0943. The first kappa shape index (κ1) is 15.4. The Labute approximate surface area is 145 Å². The summed E-state index contributed by atoms with van der Waals surface area (Å²) in [6, 6.07) is 13.8. The van der Waals surface area contributed by atoms with Crippen molar-refractivity contribution in [3.63, 3.8) is 0 Å². The summed E-state index contributed by atoms with van der Waals surface area (Å²) in [6.45, 7) is 2.00. The van der Waals surface area contributed by atoms with Gasteiger partial charge in [0, 0.05) is 19.2 Å². The van der Waals surface area contributed by atoms with E-state index in [2.05, 4.69) is 44.5 Å². The van der Waals surface area contributed by atoms with Crippen LogP contribution in [0.5, 0.6) is 0 Å². The van der Waals surface area contributed by atoms with Crippen LogP contribution in [-0.2, 0) is 19.5 Å². The summed E-state index contributed by atoms with van der Waals surface area (Å²) in [7, 11) is 0. The van der Waals surface area contributed by atoms with Crippen LogP contribution in [0.15, 0.2) is 59.5 Å². The largest absolute Gasteiger partial charge is 0.467 e. The van der Waals surface area contributed by atoms with Gasteiger partial charge in [-0.3, -0.25) is 4.79 Å². The number of nitrogens with one attached hydrogen (secondary N) is 1. The van der Waals surface area contributed by atoms with Crippen molar-refractivity contribution >= 4 is 11.7 Å². The third kappa shape index (κ3) is 3.38. The summed E-state index contributed by atoms with van der Waals surface area (Å²) in [5.74, 6) is 1.24. The molecule has 126 valence electrons. The Balaban J connectivity index is 1.47. The first-order valence-corrected chi connectivity index (χ1v) is 8.24. The molecule has 3 heterocycles. The third-order valence-electron chi connectivity index (χ3n) is 4.34. The van der Waals surface area contributed by atoms with Gasteiger partial charge in [-0.25, -0.2) is 9.97 Å². The Kier molecular flexibility index (Phi) is 4.16. The van der Waals surface area contributed by atoms with Crippen molar-refractivity contribution in [3.8, 4) is 0 Å². The summed E-state index contributed by atoms with van der Waals surface area (Å²) in [5, 5.41) is 2.81. The molecule has 0 aliphatic carbocycles. The van der Waals surface area contributed by atoms with Gasteiger partial charge in [-0.05, 0) is 29.7 Å². The Morgan fingerprint density at radius 1 is 1.16 bits per heavy atom. The fraction of sp³-hybridized carbons (Fsp3) is 0.211. The quantitative estimate of drug-likeness (QED) is 0.794. The van der Waals surface area contributed by atoms with Crippen LogP contribution < -0.4 is 10.2 Å².